The number of sulfonamides is 1. The Bertz CT molecular complexity index is 1170. The Morgan fingerprint density at radius 1 is 1.07 bits per heavy atom. The third kappa shape index (κ3) is 3.22. The Kier molecular flexibility index (Phi) is 5.20. The summed E-state index contributed by atoms with van der Waals surface area (Å²) < 4.78 is 29.3. The lowest BCUT2D eigenvalue weighted by atomic mass is 10.1. The number of aliphatic hydroxyl groups excluding tert-OH is 3. The maximum absolute atomic E-state index is 13.4. The zero-order valence-electron chi connectivity index (χ0n) is 16.1. The van der Waals surface area contributed by atoms with Gasteiger partial charge < -0.3 is 25.6 Å². The predicted octanol–water partition coefficient (Wildman–Crippen LogP) is -1.13. The van der Waals surface area contributed by atoms with E-state index in [9.17, 15) is 23.7 Å². The van der Waals surface area contributed by atoms with Crippen LogP contribution in [-0.4, -0.2) is 78.5 Å². The molecule has 1 aliphatic rings. The molecule has 5 N–H and O–H groups in total. The number of hydrogen-bond donors (Lipinski definition) is 4. The van der Waals surface area contributed by atoms with Gasteiger partial charge in [0.15, 0.2) is 11.5 Å². The van der Waals surface area contributed by atoms with Gasteiger partial charge >= 0.3 is 0 Å². The van der Waals surface area contributed by atoms with Gasteiger partial charge in [-0.3, -0.25) is 0 Å². The first-order chi connectivity index (χ1) is 14.3. The van der Waals surface area contributed by atoms with Crippen LogP contribution in [0.3, 0.4) is 0 Å². The number of aliphatic hydroxyl groups is 3. The summed E-state index contributed by atoms with van der Waals surface area (Å²) in [4.78, 5) is 12.1. The Morgan fingerprint density at radius 3 is 2.40 bits per heavy atom. The van der Waals surface area contributed by atoms with Crippen LogP contribution in [0.1, 0.15) is 5.56 Å². The Balaban J connectivity index is 1.77. The SMILES string of the molecule is Cc1ccc(S(=O)(=O)N2[C@@H](CO)[C@@H](O)[C@H](O)[C@@H]2Cn2cnc3c(N)ncnc32)cc1. The van der Waals surface area contributed by atoms with Gasteiger partial charge in [-0.05, 0) is 19.1 Å². The summed E-state index contributed by atoms with van der Waals surface area (Å²) >= 11 is 0. The summed E-state index contributed by atoms with van der Waals surface area (Å²) in [5.41, 5.74) is 7.39. The third-order valence-electron chi connectivity index (χ3n) is 5.39. The Morgan fingerprint density at radius 2 is 1.73 bits per heavy atom. The molecule has 0 unspecified atom stereocenters. The van der Waals surface area contributed by atoms with E-state index in [0.717, 1.165) is 9.87 Å². The molecule has 3 heterocycles. The largest absolute Gasteiger partial charge is 0.395 e. The molecule has 2 aromatic heterocycles. The monoisotopic (exact) mass is 434 g/mol. The van der Waals surface area contributed by atoms with E-state index in [4.69, 9.17) is 5.73 Å². The van der Waals surface area contributed by atoms with Crippen LogP contribution in [0.5, 0.6) is 0 Å². The molecule has 30 heavy (non-hydrogen) atoms. The van der Waals surface area contributed by atoms with Gasteiger partial charge in [-0.1, -0.05) is 17.7 Å². The van der Waals surface area contributed by atoms with Crippen molar-refractivity contribution in [3.8, 4) is 0 Å². The van der Waals surface area contributed by atoms with E-state index in [0.29, 0.717) is 11.2 Å². The molecule has 11 nitrogen and oxygen atoms in total. The van der Waals surface area contributed by atoms with Gasteiger partial charge in [0.25, 0.3) is 0 Å². The molecule has 0 saturated carbocycles. The Labute approximate surface area is 172 Å². The van der Waals surface area contributed by atoms with Gasteiger partial charge in [-0.25, -0.2) is 23.4 Å². The molecular formula is C18H22N6O5S. The fraction of sp³-hybridized carbons (Fsp3) is 0.389. The second kappa shape index (κ2) is 7.56. The van der Waals surface area contributed by atoms with Gasteiger partial charge in [0, 0.05) is 6.54 Å². The molecule has 0 radical (unpaired) electrons. The Hall–Kier alpha value is -2.64. The molecule has 1 aliphatic heterocycles. The van der Waals surface area contributed by atoms with Crippen LogP contribution in [0.2, 0.25) is 0 Å². The highest BCUT2D eigenvalue weighted by Crippen LogP contribution is 2.33. The van der Waals surface area contributed by atoms with Gasteiger partial charge in [-0.15, -0.1) is 0 Å². The van der Waals surface area contributed by atoms with Crippen LogP contribution >= 0.6 is 0 Å². The van der Waals surface area contributed by atoms with Crippen LogP contribution in [0, 0.1) is 6.92 Å². The maximum atomic E-state index is 13.4. The number of hydrogen-bond acceptors (Lipinski definition) is 9. The first-order valence-electron chi connectivity index (χ1n) is 9.24. The average molecular weight is 434 g/mol. The molecular weight excluding hydrogens is 412 g/mol. The van der Waals surface area contributed by atoms with Crippen LogP contribution in [0.4, 0.5) is 5.82 Å². The highest BCUT2D eigenvalue weighted by Gasteiger charge is 2.53. The summed E-state index contributed by atoms with van der Waals surface area (Å²) in [7, 11) is -4.13. The minimum atomic E-state index is -4.13. The molecule has 4 rings (SSSR count). The smallest absolute Gasteiger partial charge is 0.243 e. The van der Waals surface area contributed by atoms with Crippen molar-refractivity contribution in [2.45, 2.75) is 42.7 Å². The van der Waals surface area contributed by atoms with Crippen molar-refractivity contribution in [2.75, 3.05) is 12.3 Å². The molecule has 0 bridgehead atoms. The highest BCUT2D eigenvalue weighted by molar-refractivity contribution is 7.89. The lowest BCUT2D eigenvalue weighted by Gasteiger charge is -2.29. The molecule has 12 heteroatoms. The summed E-state index contributed by atoms with van der Waals surface area (Å²) in [5.74, 6) is 0.170. The summed E-state index contributed by atoms with van der Waals surface area (Å²) in [5, 5.41) is 30.9. The van der Waals surface area contributed by atoms with E-state index in [-0.39, 0.29) is 17.3 Å². The first kappa shape index (κ1) is 20.6. The third-order valence-corrected chi connectivity index (χ3v) is 7.35. The van der Waals surface area contributed by atoms with Crippen molar-refractivity contribution >= 4 is 27.0 Å². The molecule has 1 aromatic carbocycles. The van der Waals surface area contributed by atoms with Crippen molar-refractivity contribution < 1.29 is 23.7 Å². The number of nitrogen functional groups attached to an aromatic ring is 1. The minimum absolute atomic E-state index is 0.0000846. The zero-order valence-corrected chi connectivity index (χ0v) is 16.9. The van der Waals surface area contributed by atoms with Gasteiger partial charge in [0.2, 0.25) is 10.0 Å². The summed E-state index contributed by atoms with van der Waals surface area (Å²) in [6, 6.07) is 3.94. The quantitative estimate of drug-likeness (QED) is 0.388. The number of nitrogens with two attached hydrogens (primary N) is 1. The second-order valence-electron chi connectivity index (χ2n) is 7.27. The van der Waals surface area contributed by atoms with Crippen LogP contribution < -0.4 is 5.73 Å². The van der Waals surface area contributed by atoms with E-state index in [2.05, 4.69) is 15.0 Å². The fourth-order valence-corrected chi connectivity index (χ4v) is 5.62. The number of aromatic nitrogens is 4. The van der Waals surface area contributed by atoms with E-state index < -0.39 is 40.9 Å². The molecule has 1 fully saturated rings. The summed E-state index contributed by atoms with van der Waals surface area (Å²) in [6.45, 7) is 1.11. The molecule has 0 spiro atoms. The number of aryl methyl sites for hydroxylation is 1. The maximum Gasteiger partial charge on any atom is 0.243 e. The molecule has 4 atom stereocenters. The van der Waals surface area contributed by atoms with Crippen molar-refractivity contribution in [1.82, 2.24) is 23.8 Å². The van der Waals surface area contributed by atoms with Crippen molar-refractivity contribution in [1.29, 1.82) is 0 Å². The number of rotatable bonds is 5. The highest BCUT2D eigenvalue weighted by atomic mass is 32.2. The van der Waals surface area contributed by atoms with Gasteiger partial charge in [-0.2, -0.15) is 4.31 Å². The van der Waals surface area contributed by atoms with E-state index in [1.54, 1.807) is 12.1 Å². The van der Waals surface area contributed by atoms with Crippen molar-refractivity contribution in [3.63, 3.8) is 0 Å². The normalized spacial score (nSPS) is 25.2. The lowest BCUT2D eigenvalue weighted by Crippen LogP contribution is -2.47. The molecule has 0 amide bonds. The molecule has 1 saturated heterocycles. The first-order valence-corrected chi connectivity index (χ1v) is 10.7. The second-order valence-corrected chi connectivity index (χ2v) is 9.12. The molecule has 160 valence electrons. The van der Waals surface area contributed by atoms with Crippen LogP contribution in [0.25, 0.3) is 11.2 Å². The zero-order chi connectivity index (χ0) is 21.6. The average Bonchev–Trinajstić information content (AvgIpc) is 3.24. The number of benzene rings is 1. The van der Waals surface area contributed by atoms with E-state index in [1.165, 1.54) is 29.4 Å². The number of nitrogens with zero attached hydrogens (tertiary/aromatic N) is 5. The van der Waals surface area contributed by atoms with Gasteiger partial charge in [0.05, 0.1) is 36.0 Å². The van der Waals surface area contributed by atoms with E-state index in [1.807, 2.05) is 6.92 Å². The minimum Gasteiger partial charge on any atom is -0.395 e. The number of imidazole rings is 1. The number of fused-ring (bicyclic) bond motifs is 1. The fourth-order valence-electron chi connectivity index (χ4n) is 3.80. The molecule has 0 aliphatic carbocycles. The van der Waals surface area contributed by atoms with Crippen LogP contribution in [0.15, 0.2) is 41.8 Å². The summed E-state index contributed by atoms with van der Waals surface area (Å²) in [6.07, 6.45) is -0.223. The van der Waals surface area contributed by atoms with Crippen molar-refractivity contribution in [3.05, 3.63) is 42.5 Å². The van der Waals surface area contributed by atoms with Gasteiger partial charge in [0.1, 0.15) is 17.9 Å². The van der Waals surface area contributed by atoms with Crippen molar-refractivity contribution in [2.24, 2.45) is 0 Å². The van der Waals surface area contributed by atoms with Crippen LogP contribution in [-0.2, 0) is 16.6 Å². The standard InChI is InChI=1S/C18H22N6O5S/c1-10-2-4-11(5-3-10)30(28,29)24-12(15(26)16(27)13(24)7-25)6-23-9-22-14-17(19)20-8-21-18(14)23/h2-5,8-9,12-13,15-16,25-27H,6-7H2,1H3,(H2,19,20,21)/t12-,13-,15+,16+/m0/s1. The van der Waals surface area contributed by atoms with E-state index >= 15 is 0 Å². The number of anilines is 1. The molecule has 3 aromatic rings. The predicted molar refractivity (Wildman–Crippen MR) is 107 cm³/mol. The topological polar surface area (TPSA) is 168 Å². The lowest BCUT2D eigenvalue weighted by molar-refractivity contribution is 0.0177.